The van der Waals surface area contributed by atoms with Crippen molar-refractivity contribution in [3.63, 3.8) is 0 Å². The second kappa shape index (κ2) is 10.7. The van der Waals surface area contributed by atoms with Gasteiger partial charge in [0.1, 0.15) is 12.1 Å². The molecule has 0 aliphatic carbocycles. The normalized spacial score (nSPS) is 12.9. The van der Waals surface area contributed by atoms with E-state index in [1.54, 1.807) is 6.08 Å². The Labute approximate surface area is 164 Å². The number of rotatable bonds is 9. The smallest absolute Gasteiger partial charge is 0.243 e. The lowest BCUT2D eigenvalue weighted by Gasteiger charge is -2.21. The summed E-state index contributed by atoms with van der Waals surface area (Å²) in [5, 5.41) is 5.28. The van der Waals surface area contributed by atoms with Crippen molar-refractivity contribution >= 4 is 23.8 Å². The first-order valence-electron chi connectivity index (χ1n) is 9.08. The van der Waals surface area contributed by atoms with Crippen molar-refractivity contribution in [3.05, 3.63) is 77.9 Å². The topological polar surface area (TPSA) is 101 Å². The van der Waals surface area contributed by atoms with E-state index in [0.29, 0.717) is 6.42 Å². The van der Waals surface area contributed by atoms with Gasteiger partial charge in [0, 0.05) is 13.3 Å². The Balaban J connectivity index is 2.03. The molecule has 2 atom stereocenters. The summed E-state index contributed by atoms with van der Waals surface area (Å²) in [4.78, 5) is 35.9. The van der Waals surface area contributed by atoms with Gasteiger partial charge in [-0.3, -0.25) is 14.4 Å². The maximum atomic E-state index is 12.7. The minimum Gasteiger partial charge on any atom is -0.368 e. The molecule has 0 saturated heterocycles. The van der Waals surface area contributed by atoms with E-state index in [-0.39, 0.29) is 12.3 Å². The van der Waals surface area contributed by atoms with Crippen molar-refractivity contribution in [2.75, 3.05) is 0 Å². The van der Waals surface area contributed by atoms with Crippen LogP contribution < -0.4 is 16.4 Å². The molecule has 2 aromatic carbocycles. The number of benzene rings is 2. The molecule has 0 spiro atoms. The molecule has 3 amide bonds. The molecule has 0 fully saturated rings. The van der Waals surface area contributed by atoms with Crippen LogP contribution in [0.25, 0.3) is 6.08 Å². The summed E-state index contributed by atoms with van der Waals surface area (Å²) in [5.74, 6) is -1.40. The van der Waals surface area contributed by atoms with Crippen LogP contribution in [0.5, 0.6) is 0 Å². The van der Waals surface area contributed by atoms with Crippen LogP contribution in [0, 0.1) is 0 Å². The van der Waals surface area contributed by atoms with Gasteiger partial charge in [-0.05, 0) is 17.5 Å². The Morgan fingerprint density at radius 1 is 0.929 bits per heavy atom. The van der Waals surface area contributed by atoms with Gasteiger partial charge in [-0.25, -0.2) is 0 Å². The summed E-state index contributed by atoms with van der Waals surface area (Å²) in [7, 11) is 0. The molecule has 0 saturated carbocycles. The zero-order valence-electron chi connectivity index (χ0n) is 15.8. The number of hydrogen-bond donors (Lipinski definition) is 3. The van der Waals surface area contributed by atoms with Crippen LogP contribution in [-0.2, 0) is 20.8 Å². The molecule has 0 unspecified atom stereocenters. The van der Waals surface area contributed by atoms with Crippen LogP contribution in [0.15, 0.2) is 66.7 Å². The number of primary amides is 1. The van der Waals surface area contributed by atoms with E-state index < -0.39 is 23.9 Å². The van der Waals surface area contributed by atoms with E-state index in [9.17, 15) is 14.4 Å². The van der Waals surface area contributed by atoms with Gasteiger partial charge in [-0.15, -0.1) is 0 Å². The average Bonchev–Trinajstić information content (AvgIpc) is 2.67. The second-order valence-corrected chi connectivity index (χ2v) is 6.46. The molecule has 0 radical (unpaired) electrons. The summed E-state index contributed by atoms with van der Waals surface area (Å²) in [6, 6.07) is 17.3. The Morgan fingerprint density at radius 2 is 1.54 bits per heavy atom. The summed E-state index contributed by atoms with van der Waals surface area (Å²) in [5.41, 5.74) is 7.33. The number of carbonyl (C=O) groups is 3. The van der Waals surface area contributed by atoms with Crippen LogP contribution in [0.3, 0.4) is 0 Å². The highest BCUT2D eigenvalue weighted by Gasteiger charge is 2.24. The molecule has 0 heterocycles. The third-order valence-electron chi connectivity index (χ3n) is 4.12. The van der Waals surface area contributed by atoms with Crippen LogP contribution in [0.2, 0.25) is 0 Å². The van der Waals surface area contributed by atoms with Crippen molar-refractivity contribution < 1.29 is 14.4 Å². The Hall–Kier alpha value is -3.41. The molecule has 146 valence electrons. The van der Waals surface area contributed by atoms with Crippen molar-refractivity contribution in [2.24, 2.45) is 5.73 Å². The van der Waals surface area contributed by atoms with Crippen molar-refractivity contribution in [1.29, 1.82) is 0 Å². The van der Waals surface area contributed by atoms with E-state index in [0.717, 1.165) is 11.1 Å². The van der Waals surface area contributed by atoms with Crippen LogP contribution in [-0.4, -0.2) is 29.8 Å². The second-order valence-electron chi connectivity index (χ2n) is 6.46. The first kappa shape index (κ1) is 20.9. The van der Waals surface area contributed by atoms with E-state index in [1.807, 2.05) is 66.7 Å². The Morgan fingerprint density at radius 3 is 2.11 bits per heavy atom. The number of amides is 3. The monoisotopic (exact) mass is 379 g/mol. The van der Waals surface area contributed by atoms with Crippen molar-refractivity contribution in [1.82, 2.24) is 10.6 Å². The fourth-order valence-electron chi connectivity index (χ4n) is 2.73. The molecule has 0 bridgehead atoms. The molecule has 2 aromatic rings. The molecule has 6 nitrogen and oxygen atoms in total. The van der Waals surface area contributed by atoms with Crippen molar-refractivity contribution in [3.8, 4) is 0 Å². The summed E-state index contributed by atoms with van der Waals surface area (Å²) < 4.78 is 0. The lowest BCUT2D eigenvalue weighted by atomic mass is 10.0. The first-order chi connectivity index (χ1) is 13.5. The first-order valence-corrected chi connectivity index (χ1v) is 9.08. The Bertz CT molecular complexity index is 819. The molecular formula is C22H25N3O3. The van der Waals surface area contributed by atoms with Gasteiger partial charge in [-0.1, -0.05) is 72.8 Å². The largest absolute Gasteiger partial charge is 0.368 e. The maximum Gasteiger partial charge on any atom is 0.243 e. The van der Waals surface area contributed by atoms with E-state index in [2.05, 4.69) is 10.6 Å². The molecule has 2 rings (SSSR count). The zero-order valence-corrected chi connectivity index (χ0v) is 15.8. The van der Waals surface area contributed by atoms with Gasteiger partial charge in [0.25, 0.3) is 0 Å². The van der Waals surface area contributed by atoms with Gasteiger partial charge in [0.05, 0.1) is 0 Å². The third-order valence-corrected chi connectivity index (χ3v) is 4.12. The third kappa shape index (κ3) is 7.07. The van der Waals surface area contributed by atoms with Gasteiger partial charge >= 0.3 is 0 Å². The van der Waals surface area contributed by atoms with E-state index in [1.165, 1.54) is 6.92 Å². The fourth-order valence-corrected chi connectivity index (χ4v) is 2.73. The average molecular weight is 379 g/mol. The number of nitrogens with one attached hydrogen (secondary N) is 2. The van der Waals surface area contributed by atoms with E-state index >= 15 is 0 Å². The van der Waals surface area contributed by atoms with Crippen LogP contribution >= 0.6 is 0 Å². The maximum absolute atomic E-state index is 12.7. The fraction of sp³-hybridized carbons (Fsp3) is 0.227. The van der Waals surface area contributed by atoms with Crippen molar-refractivity contribution in [2.45, 2.75) is 31.8 Å². The molecule has 4 N–H and O–H groups in total. The highest BCUT2D eigenvalue weighted by molar-refractivity contribution is 5.91. The number of nitrogens with two attached hydrogens (primary N) is 1. The minimum atomic E-state index is -0.862. The van der Waals surface area contributed by atoms with Crippen LogP contribution in [0.1, 0.15) is 24.5 Å². The van der Waals surface area contributed by atoms with Gasteiger partial charge in [-0.2, -0.15) is 0 Å². The number of hydrogen-bond acceptors (Lipinski definition) is 3. The summed E-state index contributed by atoms with van der Waals surface area (Å²) >= 11 is 0. The van der Waals surface area contributed by atoms with Gasteiger partial charge in [0.15, 0.2) is 0 Å². The molecular weight excluding hydrogens is 354 g/mol. The minimum absolute atomic E-state index is 0.258. The summed E-state index contributed by atoms with van der Waals surface area (Å²) in [6.07, 6.45) is 4.22. The Kier molecular flexibility index (Phi) is 7.96. The molecule has 0 aromatic heterocycles. The van der Waals surface area contributed by atoms with Crippen LogP contribution in [0.4, 0.5) is 0 Å². The lowest BCUT2D eigenvalue weighted by molar-refractivity contribution is -0.130. The SMILES string of the molecule is CC(=O)N[C@@H](Cc1ccccc1)C(=O)N[C@H](C/C=C/c1ccccc1)C(N)=O. The molecule has 0 aliphatic rings. The predicted molar refractivity (Wildman–Crippen MR) is 109 cm³/mol. The van der Waals surface area contributed by atoms with Gasteiger partial charge in [0.2, 0.25) is 17.7 Å². The highest BCUT2D eigenvalue weighted by Crippen LogP contribution is 2.06. The highest BCUT2D eigenvalue weighted by atomic mass is 16.2. The number of carbonyl (C=O) groups excluding carboxylic acids is 3. The standard InChI is InChI=1S/C22H25N3O3/c1-16(26)24-20(15-18-11-6-3-7-12-18)22(28)25-19(21(23)27)14-8-13-17-9-4-2-5-10-17/h2-13,19-20H,14-15H2,1H3,(H2,23,27)(H,24,26)(H,25,28)/b13-8+/t19-,20+/m1/s1. The lowest BCUT2D eigenvalue weighted by Crippen LogP contribution is -2.53. The molecule has 0 aliphatic heterocycles. The summed E-state index contributed by atoms with van der Waals surface area (Å²) in [6.45, 7) is 1.35. The quantitative estimate of drug-likeness (QED) is 0.619. The molecule has 6 heteroatoms. The van der Waals surface area contributed by atoms with E-state index in [4.69, 9.17) is 5.73 Å². The van der Waals surface area contributed by atoms with Gasteiger partial charge < -0.3 is 16.4 Å². The zero-order chi connectivity index (χ0) is 20.4. The predicted octanol–water partition coefficient (Wildman–Crippen LogP) is 1.81. The molecule has 28 heavy (non-hydrogen) atoms.